The van der Waals surface area contributed by atoms with Gasteiger partial charge in [-0.3, -0.25) is 4.79 Å². The van der Waals surface area contributed by atoms with Gasteiger partial charge in [-0.15, -0.1) is 10.2 Å². The lowest BCUT2D eigenvalue weighted by Gasteiger charge is -2.10. The molecule has 0 aliphatic heterocycles. The molecule has 0 saturated heterocycles. The summed E-state index contributed by atoms with van der Waals surface area (Å²) in [6.45, 7) is 2.47. The zero-order valence-electron chi connectivity index (χ0n) is 14.0. The van der Waals surface area contributed by atoms with Crippen molar-refractivity contribution in [2.75, 3.05) is 18.1 Å². The molecule has 3 rings (SSSR count). The number of nitrogen functional groups attached to an aromatic ring is 1. The second kappa shape index (κ2) is 8.63. The van der Waals surface area contributed by atoms with Crippen LogP contribution in [0.5, 0.6) is 5.75 Å². The van der Waals surface area contributed by atoms with Crippen LogP contribution in [0.2, 0.25) is 0 Å². The van der Waals surface area contributed by atoms with Crippen LogP contribution < -0.4 is 15.9 Å². The molecule has 0 radical (unpaired) electrons. The number of nitrogens with one attached hydrogen (secondary N) is 1. The van der Waals surface area contributed by atoms with Crippen LogP contribution in [-0.2, 0) is 4.79 Å². The van der Waals surface area contributed by atoms with Gasteiger partial charge in [0.1, 0.15) is 5.75 Å². The first-order valence-electron chi connectivity index (χ1n) is 7.85. The van der Waals surface area contributed by atoms with Gasteiger partial charge in [-0.25, -0.2) is 5.43 Å². The Kier molecular flexibility index (Phi) is 6.03. The number of anilines is 1. The summed E-state index contributed by atoms with van der Waals surface area (Å²) in [4.78, 5) is 11.9. The van der Waals surface area contributed by atoms with Crippen LogP contribution in [0.1, 0.15) is 12.5 Å². The lowest BCUT2D eigenvalue weighted by molar-refractivity contribution is -0.118. The molecular weight excluding hydrogens is 370 g/mol. The number of aromatic nitrogens is 2. The van der Waals surface area contributed by atoms with Gasteiger partial charge in [0.15, 0.2) is 4.34 Å². The van der Waals surface area contributed by atoms with Crippen molar-refractivity contribution < 1.29 is 9.53 Å². The lowest BCUT2D eigenvalue weighted by Crippen LogP contribution is -2.19. The Morgan fingerprint density at radius 1 is 1.35 bits per heavy atom. The number of carbonyl (C=O) groups excluding carboxylic acids is 1. The first-order valence-corrected chi connectivity index (χ1v) is 9.66. The van der Waals surface area contributed by atoms with E-state index in [1.54, 1.807) is 6.21 Å². The quantitative estimate of drug-likeness (QED) is 0.367. The van der Waals surface area contributed by atoms with E-state index in [1.807, 2.05) is 43.3 Å². The van der Waals surface area contributed by atoms with Gasteiger partial charge in [0.05, 0.1) is 18.6 Å². The molecule has 0 aliphatic rings. The predicted octanol–water partition coefficient (Wildman–Crippen LogP) is 2.91. The van der Waals surface area contributed by atoms with Crippen molar-refractivity contribution in [3.05, 3.63) is 42.0 Å². The SMILES string of the molecule is CCOc1ccc2ccccc2c1C=NNC(=O)CSc1nnc(N)s1. The van der Waals surface area contributed by atoms with Gasteiger partial charge in [0, 0.05) is 5.56 Å². The molecule has 3 N–H and O–H groups in total. The molecule has 7 nitrogen and oxygen atoms in total. The number of nitrogens with two attached hydrogens (primary N) is 1. The number of thioether (sulfide) groups is 1. The smallest absolute Gasteiger partial charge is 0.250 e. The monoisotopic (exact) mass is 387 g/mol. The van der Waals surface area contributed by atoms with E-state index in [9.17, 15) is 4.79 Å². The summed E-state index contributed by atoms with van der Waals surface area (Å²) in [5.74, 6) is 0.668. The normalized spacial score (nSPS) is 11.1. The first kappa shape index (κ1) is 18.2. The van der Waals surface area contributed by atoms with E-state index in [2.05, 4.69) is 20.7 Å². The van der Waals surface area contributed by atoms with Gasteiger partial charge in [0.25, 0.3) is 5.91 Å². The minimum absolute atomic E-state index is 0.180. The summed E-state index contributed by atoms with van der Waals surface area (Å²) in [5.41, 5.74) is 8.86. The first-order chi connectivity index (χ1) is 12.7. The highest BCUT2D eigenvalue weighted by Gasteiger charge is 2.08. The Bertz CT molecular complexity index is 942. The second-order valence-corrected chi connectivity index (χ2v) is 7.35. The average molecular weight is 387 g/mol. The van der Waals surface area contributed by atoms with Gasteiger partial charge >= 0.3 is 0 Å². The van der Waals surface area contributed by atoms with Gasteiger partial charge in [-0.05, 0) is 23.8 Å². The zero-order valence-corrected chi connectivity index (χ0v) is 15.6. The van der Waals surface area contributed by atoms with E-state index >= 15 is 0 Å². The molecule has 0 aliphatic carbocycles. The Labute approximate surface area is 158 Å². The van der Waals surface area contributed by atoms with Gasteiger partial charge in [-0.1, -0.05) is 53.4 Å². The van der Waals surface area contributed by atoms with Gasteiger partial charge in [0.2, 0.25) is 5.13 Å². The van der Waals surface area contributed by atoms with Crippen molar-refractivity contribution in [2.24, 2.45) is 5.10 Å². The van der Waals surface area contributed by atoms with E-state index in [0.29, 0.717) is 16.1 Å². The van der Waals surface area contributed by atoms with Crippen LogP contribution in [0.4, 0.5) is 5.13 Å². The molecule has 3 aromatic rings. The fourth-order valence-electron chi connectivity index (χ4n) is 2.30. The molecule has 26 heavy (non-hydrogen) atoms. The lowest BCUT2D eigenvalue weighted by atomic mass is 10.0. The highest BCUT2D eigenvalue weighted by Crippen LogP contribution is 2.27. The molecule has 0 unspecified atom stereocenters. The summed E-state index contributed by atoms with van der Waals surface area (Å²) in [5, 5.41) is 14.1. The fourth-order valence-corrected chi connectivity index (χ4v) is 3.73. The van der Waals surface area contributed by atoms with Crippen LogP contribution in [-0.4, -0.2) is 34.7 Å². The van der Waals surface area contributed by atoms with Crippen LogP contribution in [0, 0.1) is 0 Å². The van der Waals surface area contributed by atoms with E-state index < -0.39 is 0 Å². The molecule has 0 bridgehead atoms. The summed E-state index contributed by atoms with van der Waals surface area (Å²) in [6.07, 6.45) is 1.61. The topological polar surface area (TPSA) is 102 Å². The van der Waals surface area contributed by atoms with E-state index in [1.165, 1.54) is 23.1 Å². The third kappa shape index (κ3) is 4.50. The van der Waals surface area contributed by atoms with Crippen molar-refractivity contribution in [2.45, 2.75) is 11.3 Å². The van der Waals surface area contributed by atoms with E-state index in [4.69, 9.17) is 10.5 Å². The molecule has 134 valence electrons. The number of hydrogen-bond donors (Lipinski definition) is 2. The van der Waals surface area contributed by atoms with Gasteiger partial charge in [-0.2, -0.15) is 5.10 Å². The Balaban J connectivity index is 1.69. The number of carbonyl (C=O) groups is 1. The maximum Gasteiger partial charge on any atom is 0.250 e. The molecular formula is C17H17N5O2S2. The number of hydrogen-bond acceptors (Lipinski definition) is 8. The number of benzene rings is 2. The fraction of sp³-hybridized carbons (Fsp3) is 0.176. The number of fused-ring (bicyclic) bond motifs is 1. The number of amides is 1. The predicted molar refractivity (Wildman–Crippen MR) is 106 cm³/mol. The molecule has 1 amide bonds. The Morgan fingerprint density at radius 3 is 2.96 bits per heavy atom. The number of ether oxygens (including phenoxy) is 1. The van der Waals surface area contributed by atoms with Gasteiger partial charge < -0.3 is 10.5 Å². The van der Waals surface area contributed by atoms with Crippen molar-refractivity contribution in [1.29, 1.82) is 0 Å². The maximum absolute atomic E-state index is 11.9. The number of rotatable bonds is 7. The van der Waals surface area contributed by atoms with Crippen molar-refractivity contribution >= 4 is 51.1 Å². The molecule has 1 heterocycles. The standard InChI is InChI=1S/C17H17N5O2S2/c1-2-24-14-8-7-11-5-3-4-6-12(11)13(14)9-19-20-15(23)10-25-17-22-21-16(18)26-17/h3-9H,2,10H2,1H3,(H2,18,21)(H,20,23). The van der Waals surface area contributed by atoms with Crippen LogP contribution in [0.25, 0.3) is 10.8 Å². The number of hydrazone groups is 1. The minimum Gasteiger partial charge on any atom is -0.493 e. The van der Waals surface area contributed by atoms with Crippen LogP contribution in [0.3, 0.4) is 0 Å². The summed E-state index contributed by atoms with van der Waals surface area (Å²) >= 11 is 2.51. The summed E-state index contributed by atoms with van der Waals surface area (Å²) in [6, 6.07) is 11.9. The summed E-state index contributed by atoms with van der Waals surface area (Å²) < 4.78 is 6.32. The minimum atomic E-state index is -0.238. The largest absolute Gasteiger partial charge is 0.493 e. The van der Waals surface area contributed by atoms with Crippen LogP contribution >= 0.6 is 23.1 Å². The second-order valence-electron chi connectivity index (χ2n) is 5.12. The third-order valence-electron chi connectivity index (χ3n) is 3.36. The average Bonchev–Trinajstić information content (AvgIpc) is 3.07. The van der Waals surface area contributed by atoms with Crippen molar-refractivity contribution in [3.63, 3.8) is 0 Å². The Hall–Kier alpha value is -2.65. The van der Waals surface area contributed by atoms with Crippen molar-refractivity contribution in [3.8, 4) is 5.75 Å². The van der Waals surface area contributed by atoms with Crippen molar-refractivity contribution in [1.82, 2.24) is 15.6 Å². The molecule has 2 aromatic carbocycles. The third-order valence-corrected chi connectivity index (χ3v) is 5.25. The van der Waals surface area contributed by atoms with Crippen LogP contribution in [0.15, 0.2) is 45.8 Å². The molecule has 0 atom stereocenters. The molecule has 0 fully saturated rings. The molecule has 0 spiro atoms. The Morgan fingerprint density at radius 2 is 2.19 bits per heavy atom. The van der Waals surface area contributed by atoms with E-state index in [-0.39, 0.29) is 11.7 Å². The molecule has 0 saturated carbocycles. The zero-order chi connectivity index (χ0) is 18.4. The molecule has 9 heteroatoms. The highest BCUT2D eigenvalue weighted by molar-refractivity contribution is 8.01. The van der Waals surface area contributed by atoms with E-state index in [0.717, 1.165) is 22.1 Å². The molecule has 1 aromatic heterocycles. The maximum atomic E-state index is 11.9. The number of nitrogens with zero attached hydrogens (tertiary/aromatic N) is 3. The summed E-state index contributed by atoms with van der Waals surface area (Å²) in [7, 11) is 0. The highest BCUT2D eigenvalue weighted by atomic mass is 32.2.